The molecule has 110 valence electrons. The molecule has 1 unspecified atom stereocenters. The molecule has 1 aromatic rings. The summed E-state index contributed by atoms with van der Waals surface area (Å²) in [5, 5.41) is 22.6. The maximum atomic E-state index is 11.7. The standard InChI is InChI=1S/C13H18N2O5/c1-8(2)14-13(17)9(3)20-12-5-4-10(7-16)6-11(12)15(18)19/h4-6,8-9,16H,7H2,1-3H3,(H,14,17). The van der Waals surface area contributed by atoms with Gasteiger partial charge in [0.25, 0.3) is 5.91 Å². The van der Waals surface area contributed by atoms with Crippen molar-refractivity contribution in [3.8, 4) is 5.75 Å². The van der Waals surface area contributed by atoms with E-state index in [1.807, 2.05) is 13.8 Å². The van der Waals surface area contributed by atoms with Gasteiger partial charge in [-0.2, -0.15) is 0 Å². The molecule has 1 atom stereocenters. The third-order valence-electron chi connectivity index (χ3n) is 2.51. The Hall–Kier alpha value is -2.15. The van der Waals surface area contributed by atoms with Gasteiger partial charge in [-0.1, -0.05) is 6.07 Å². The van der Waals surface area contributed by atoms with Crippen molar-refractivity contribution >= 4 is 11.6 Å². The molecule has 0 saturated carbocycles. The molecule has 0 aromatic heterocycles. The van der Waals surface area contributed by atoms with Crippen LogP contribution >= 0.6 is 0 Å². The molecule has 1 rings (SSSR count). The summed E-state index contributed by atoms with van der Waals surface area (Å²) in [6.07, 6.45) is -0.851. The van der Waals surface area contributed by atoms with Crippen LogP contribution in [-0.2, 0) is 11.4 Å². The number of nitrogens with one attached hydrogen (secondary N) is 1. The molecule has 0 saturated heterocycles. The number of rotatable bonds is 6. The van der Waals surface area contributed by atoms with Gasteiger partial charge in [0, 0.05) is 12.1 Å². The van der Waals surface area contributed by atoms with Gasteiger partial charge in [-0.25, -0.2) is 0 Å². The first kappa shape index (κ1) is 15.9. The summed E-state index contributed by atoms with van der Waals surface area (Å²) >= 11 is 0. The average molecular weight is 282 g/mol. The molecule has 1 amide bonds. The van der Waals surface area contributed by atoms with Crippen molar-refractivity contribution in [2.45, 2.75) is 39.5 Å². The van der Waals surface area contributed by atoms with Crippen LogP contribution in [0.5, 0.6) is 5.75 Å². The number of aliphatic hydroxyl groups excluding tert-OH is 1. The summed E-state index contributed by atoms with van der Waals surface area (Å²) in [5.41, 5.74) is 0.129. The van der Waals surface area contributed by atoms with Crippen molar-refractivity contribution in [3.05, 3.63) is 33.9 Å². The van der Waals surface area contributed by atoms with Crippen LogP contribution in [0.1, 0.15) is 26.3 Å². The number of ether oxygens (including phenoxy) is 1. The van der Waals surface area contributed by atoms with Crippen molar-refractivity contribution in [1.82, 2.24) is 5.32 Å². The van der Waals surface area contributed by atoms with Gasteiger partial charge >= 0.3 is 5.69 Å². The molecule has 2 N–H and O–H groups in total. The van der Waals surface area contributed by atoms with E-state index in [9.17, 15) is 14.9 Å². The predicted octanol–water partition coefficient (Wildman–Crippen LogP) is 1.38. The molecule has 0 aliphatic rings. The minimum absolute atomic E-state index is 0.00129. The van der Waals surface area contributed by atoms with Crippen LogP contribution in [-0.4, -0.2) is 28.1 Å². The van der Waals surface area contributed by atoms with Crippen molar-refractivity contribution in [1.29, 1.82) is 0 Å². The predicted molar refractivity (Wildman–Crippen MR) is 72.4 cm³/mol. The highest BCUT2D eigenvalue weighted by atomic mass is 16.6. The zero-order valence-corrected chi connectivity index (χ0v) is 11.6. The van der Waals surface area contributed by atoms with Gasteiger partial charge in [-0.05, 0) is 32.4 Å². The molecule has 0 heterocycles. The molecule has 7 nitrogen and oxygen atoms in total. The number of aliphatic hydroxyl groups is 1. The Morgan fingerprint density at radius 1 is 1.45 bits per heavy atom. The van der Waals surface area contributed by atoms with E-state index in [1.165, 1.54) is 25.1 Å². The number of carbonyl (C=O) groups is 1. The highest BCUT2D eigenvalue weighted by molar-refractivity contribution is 5.81. The van der Waals surface area contributed by atoms with E-state index < -0.39 is 11.0 Å². The van der Waals surface area contributed by atoms with Crippen LogP contribution < -0.4 is 10.1 Å². The van der Waals surface area contributed by atoms with Gasteiger partial charge in [0.15, 0.2) is 11.9 Å². The van der Waals surface area contributed by atoms with Crippen LogP contribution in [0, 0.1) is 10.1 Å². The van der Waals surface area contributed by atoms with Crippen molar-refractivity contribution in [3.63, 3.8) is 0 Å². The Labute approximate surface area is 116 Å². The summed E-state index contributed by atoms with van der Waals surface area (Å²) < 4.78 is 5.33. The fraction of sp³-hybridized carbons (Fsp3) is 0.462. The van der Waals surface area contributed by atoms with E-state index in [0.29, 0.717) is 5.56 Å². The number of nitro benzene ring substituents is 1. The van der Waals surface area contributed by atoms with E-state index >= 15 is 0 Å². The monoisotopic (exact) mass is 282 g/mol. The topological polar surface area (TPSA) is 102 Å². The second-order valence-corrected chi connectivity index (χ2v) is 4.64. The van der Waals surface area contributed by atoms with Crippen LogP contribution in [0.25, 0.3) is 0 Å². The highest BCUT2D eigenvalue weighted by Crippen LogP contribution is 2.28. The second kappa shape index (κ2) is 6.85. The van der Waals surface area contributed by atoms with Crippen molar-refractivity contribution < 1.29 is 19.6 Å². The zero-order chi connectivity index (χ0) is 15.3. The van der Waals surface area contributed by atoms with Crippen LogP contribution in [0.4, 0.5) is 5.69 Å². The van der Waals surface area contributed by atoms with Gasteiger partial charge in [0.05, 0.1) is 11.5 Å². The number of hydrogen-bond donors (Lipinski definition) is 2. The number of hydrogen-bond acceptors (Lipinski definition) is 5. The number of nitro groups is 1. The zero-order valence-electron chi connectivity index (χ0n) is 11.6. The molecular weight excluding hydrogens is 264 g/mol. The summed E-state index contributed by atoms with van der Waals surface area (Å²) in [7, 11) is 0. The van der Waals surface area contributed by atoms with E-state index in [1.54, 1.807) is 0 Å². The Kier molecular flexibility index (Phi) is 5.45. The Balaban J connectivity index is 2.91. The number of carbonyl (C=O) groups excluding carboxylic acids is 1. The third kappa shape index (κ3) is 4.20. The first-order chi connectivity index (χ1) is 9.35. The Bertz CT molecular complexity index is 502. The molecule has 1 aromatic carbocycles. The maximum Gasteiger partial charge on any atom is 0.311 e. The molecule has 0 aliphatic heterocycles. The second-order valence-electron chi connectivity index (χ2n) is 4.64. The summed E-state index contributed by atoms with van der Waals surface area (Å²) in [6.45, 7) is 4.83. The molecule has 0 radical (unpaired) electrons. The average Bonchev–Trinajstić information content (AvgIpc) is 2.37. The van der Waals surface area contributed by atoms with E-state index in [2.05, 4.69) is 5.32 Å². The largest absolute Gasteiger partial charge is 0.474 e. The lowest BCUT2D eigenvalue weighted by Gasteiger charge is -2.16. The smallest absolute Gasteiger partial charge is 0.311 e. The summed E-state index contributed by atoms with van der Waals surface area (Å²) in [6, 6.07) is 4.07. The van der Waals surface area contributed by atoms with E-state index in [4.69, 9.17) is 9.84 Å². The van der Waals surface area contributed by atoms with Crippen LogP contribution in [0.15, 0.2) is 18.2 Å². The minimum atomic E-state index is -0.851. The molecule has 20 heavy (non-hydrogen) atoms. The molecular formula is C13H18N2O5. The van der Waals surface area contributed by atoms with Crippen LogP contribution in [0.2, 0.25) is 0 Å². The lowest BCUT2D eigenvalue weighted by molar-refractivity contribution is -0.386. The molecule has 0 aliphatic carbocycles. The maximum absolute atomic E-state index is 11.7. The highest BCUT2D eigenvalue weighted by Gasteiger charge is 2.21. The van der Waals surface area contributed by atoms with Crippen molar-refractivity contribution in [2.75, 3.05) is 0 Å². The molecule has 0 fully saturated rings. The van der Waals surface area contributed by atoms with Gasteiger partial charge in [-0.15, -0.1) is 0 Å². The fourth-order valence-corrected chi connectivity index (χ4v) is 1.55. The fourth-order valence-electron chi connectivity index (χ4n) is 1.55. The molecule has 0 spiro atoms. The Morgan fingerprint density at radius 3 is 2.60 bits per heavy atom. The lowest BCUT2D eigenvalue weighted by atomic mass is 10.2. The number of nitrogens with zero attached hydrogens (tertiary/aromatic N) is 1. The summed E-state index contributed by atoms with van der Waals surface area (Å²) in [4.78, 5) is 22.1. The van der Waals surface area contributed by atoms with E-state index in [0.717, 1.165) is 0 Å². The van der Waals surface area contributed by atoms with Gasteiger partial charge in [0.2, 0.25) is 0 Å². The van der Waals surface area contributed by atoms with Gasteiger partial charge in [0.1, 0.15) is 0 Å². The van der Waals surface area contributed by atoms with Crippen LogP contribution in [0.3, 0.4) is 0 Å². The Morgan fingerprint density at radius 2 is 2.10 bits per heavy atom. The minimum Gasteiger partial charge on any atom is -0.474 e. The number of benzene rings is 1. The summed E-state index contributed by atoms with van der Waals surface area (Å²) in [5.74, 6) is -0.348. The van der Waals surface area contributed by atoms with Gasteiger partial charge < -0.3 is 15.2 Å². The SMILES string of the molecule is CC(C)NC(=O)C(C)Oc1ccc(CO)cc1[N+](=O)[O-]. The quantitative estimate of drug-likeness (QED) is 0.606. The first-order valence-corrected chi connectivity index (χ1v) is 6.20. The van der Waals surface area contributed by atoms with Gasteiger partial charge in [-0.3, -0.25) is 14.9 Å². The normalized spacial score (nSPS) is 12.1. The third-order valence-corrected chi connectivity index (χ3v) is 2.51. The molecule has 0 bridgehead atoms. The van der Waals surface area contributed by atoms with Crippen molar-refractivity contribution in [2.24, 2.45) is 0 Å². The number of amides is 1. The van der Waals surface area contributed by atoms with E-state index in [-0.39, 0.29) is 30.0 Å². The lowest BCUT2D eigenvalue weighted by Crippen LogP contribution is -2.40. The molecule has 7 heteroatoms. The first-order valence-electron chi connectivity index (χ1n) is 6.20.